The van der Waals surface area contributed by atoms with Crippen LogP contribution in [0.2, 0.25) is 0 Å². The number of nitriles is 1. The minimum Gasteiger partial charge on any atom is -0.390 e. The monoisotopic (exact) mass is 612 g/mol. The number of rotatable bonds is 6. The van der Waals surface area contributed by atoms with E-state index in [1.165, 1.54) is 0 Å². The number of allylic oxidation sites excluding steroid dienone is 4. The predicted molar refractivity (Wildman–Crippen MR) is 152 cm³/mol. The van der Waals surface area contributed by atoms with Gasteiger partial charge in [-0.05, 0) is 24.1 Å². The first-order valence-electron chi connectivity index (χ1n) is 12.9. The zero-order valence-electron chi connectivity index (χ0n) is 21.2. The van der Waals surface area contributed by atoms with E-state index >= 15 is 0 Å². The average molecular weight is 613 g/mol. The Morgan fingerprint density at radius 3 is 2.70 bits per heavy atom. The summed E-state index contributed by atoms with van der Waals surface area (Å²) in [6.07, 6.45) is 7.75. The van der Waals surface area contributed by atoms with E-state index in [2.05, 4.69) is 56.7 Å². The van der Waals surface area contributed by atoms with Gasteiger partial charge in [-0.15, -0.1) is 0 Å². The Bertz CT molecular complexity index is 1250. The number of carbonyl (C=O) groups excluding carboxylic acids is 1. The molecule has 0 saturated carbocycles. The Balaban J connectivity index is 1.26. The van der Waals surface area contributed by atoms with Crippen molar-refractivity contribution in [1.29, 1.82) is 5.26 Å². The van der Waals surface area contributed by atoms with Gasteiger partial charge in [-0.3, -0.25) is 14.4 Å². The molecule has 1 aliphatic carbocycles. The molecule has 0 radical (unpaired) electrons. The first-order chi connectivity index (χ1) is 17.9. The van der Waals surface area contributed by atoms with Crippen molar-refractivity contribution in [1.82, 2.24) is 19.6 Å². The Hall–Kier alpha value is -2.68. The zero-order chi connectivity index (χ0) is 25.9. The van der Waals surface area contributed by atoms with Crippen LogP contribution < -0.4 is 4.90 Å². The van der Waals surface area contributed by atoms with Gasteiger partial charge < -0.3 is 14.9 Å². The molecule has 2 aliphatic heterocycles. The van der Waals surface area contributed by atoms with E-state index in [0.717, 1.165) is 67.2 Å². The Morgan fingerprint density at radius 2 is 2.00 bits per heavy atom. The number of amides is 1. The van der Waals surface area contributed by atoms with Crippen LogP contribution in [-0.4, -0.2) is 79.9 Å². The van der Waals surface area contributed by atoms with Gasteiger partial charge in [-0.2, -0.15) is 10.4 Å². The highest BCUT2D eigenvalue weighted by atomic mass is 127. The van der Waals surface area contributed by atoms with E-state index in [1.54, 1.807) is 6.92 Å². The van der Waals surface area contributed by atoms with E-state index < -0.39 is 6.10 Å². The van der Waals surface area contributed by atoms with Gasteiger partial charge in [-0.25, -0.2) is 0 Å². The Labute approximate surface area is 232 Å². The van der Waals surface area contributed by atoms with E-state index in [4.69, 9.17) is 5.10 Å². The highest BCUT2D eigenvalue weighted by molar-refractivity contribution is 14.1. The molecule has 9 heteroatoms. The number of anilines is 1. The summed E-state index contributed by atoms with van der Waals surface area (Å²) in [7, 11) is 0. The van der Waals surface area contributed by atoms with E-state index in [0.29, 0.717) is 35.7 Å². The molecule has 8 nitrogen and oxygen atoms in total. The second-order valence-corrected chi connectivity index (χ2v) is 11.6. The molecule has 1 fully saturated rings. The number of aliphatic hydroxyl groups excluding tert-OH is 1. The van der Waals surface area contributed by atoms with Crippen LogP contribution >= 0.6 is 22.6 Å². The number of aromatic nitrogens is 2. The summed E-state index contributed by atoms with van der Waals surface area (Å²) in [5.74, 6) is 0.0846. The summed E-state index contributed by atoms with van der Waals surface area (Å²) < 4.78 is 2.47. The van der Waals surface area contributed by atoms with Crippen LogP contribution in [0.3, 0.4) is 0 Å². The molecule has 3 heterocycles. The third kappa shape index (κ3) is 5.76. The van der Waals surface area contributed by atoms with Crippen LogP contribution in [-0.2, 0) is 24.3 Å². The number of para-hydroxylation sites is 1. The molecule has 1 amide bonds. The maximum absolute atomic E-state index is 12.1. The van der Waals surface area contributed by atoms with Crippen molar-refractivity contribution in [2.45, 2.75) is 42.9 Å². The summed E-state index contributed by atoms with van der Waals surface area (Å²) in [5, 5.41) is 25.5. The normalized spacial score (nSPS) is 20.8. The zero-order valence-corrected chi connectivity index (χ0v) is 23.3. The molecule has 1 aromatic carbocycles. The van der Waals surface area contributed by atoms with Crippen LogP contribution in [0.5, 0.6) is 0 Å². The Morgan fingerprint density at radius 1 is 1.22 bits per heavy atom. The molecule has 2 atom stereocenters. The van der Waals surface area contributed by atoms with Crippen molar-refractivity contribution in [3.05, 3.63) is 65.0 Å². The van der Waals surface area contributed by atoms with Crippen LogP contribution in [0.1, 0.15) is 35.9 Å². The van der Waals surface area contributed by atoms with Crippen molar-refractivity contribution in [3.63, 3.8) is 0 Å². The number of hydrogen-bond acceptors (Lipinski definition) is 6. The standard InChI is InChI=1S/C28H33IN6O2/c1-20(36)34-11-10-27-25(19-34)28(21-6-8-23(29)9-7-21)31-35(27)18-24(37)17-32-12-14-33(15-13-32)26-5-3-2-4-22(26)16-30/h2-8,23-24,37H,9-15,17-19H2,1H3. The Kier molecular flexibility index (Phi) is 7.98. The lowest BCUT2D eigenvalue weighted by atomic mass is 9.97. The van der Waals surface area contributed by atoms with E-state index in [1.807, 2.05) is 33.8 Å². The molecular weight excluding hydrogens is 579 g/mol. The molecular formula is C28H33IN6O2. The van der Waals surface area contributed by atoms with Crippen molar-refractivity contribution < 1.29 is 9.90 Å². The molecule has 1 saturated heterocycles. The van der Waals surface area contributed by atoms with Gasteiger partial charge in [0.25, 0.3) is 0 Å². The largest absolute Gasteiger partial charge is 0.390 e. The van der Waals surface area contributed by atoms with Gasteiger partial charge in [0.2, 0.25) is 5.91 Å². The van der Waals surface area contributed by atoms with Gasteiger partial charge in [0.15, 0.2) is 0 Å². The van der Waals surface area contributed by atoms with E-state index in [-0.39, 0.29) is 5.91 Å². The van der Waals surface area contributed by atoms with Crippen LogP contribution in [0, 0.1) is 11.3 Å². The SMILES string of the molecule is CC(=O)N1CCc2c(c(C3=CCC(I)C=C3)nn2CC(O)CN2CCN(c3ccccc3C#N)CC2)C1. The molecule has 5 rings (SSSR count). The molecule has 0 bridgehead atoms. The lowest BCUT2D eigenvalue weighted by Crippen LogP contribution is -2.49. The van der Waals surface area contributed by atoms with Gasteiger partial charge >= 0.3 is 0 Å². The third-order valence-corrected chi connectivity index (χ3v) is 8.41. The highest BCUT2D eigenvalue weighted by Crippen LogP contribution is 2.31. The number of hydrogen-bond donors (Lipinski definition) is 1. The summed E-state index contributed by atoms with van der Waals surface area (Å²) >= 11 is 2.43. The molecule has 0 spiro atoms. The number of piperazine rings is 1. The predicted octanol–water partition coefficient (Wildman–Crippen LogP) is 2.99. The molecule has 37 heavy (non-hydrogen) atoms. The van der Waals surface area contributed by atoms with Crippen molar-refractivity contribution in [3.8, 4) is 6.07 Å². The minimum atomic E-state index is -0.546. The van der Waals surface area contributed by atoms with Gasteiger partial charge in [-0.1, -0.05) is 53.0 Å². The van der Waals surface area contributed by atoms with Gasteiger partial charge in [0, 0.05) is 74.3 Å². The molecule has 1 N–H and O–H groups in total. The fraction of sp³-hybridized carbons (Fsp3) is 0.464. The molecule has 1 aromatic heterocycles. The topological polar surface area (TPSA) is 88.6 Å². The quantitative estimate of drug-likeness (QED) is 0.399. The summed E-state index contributed by atoms with van der Waals surface area (Å²) in [4.78, 5) is 18.5. The number of benzene rings is 1. The number of alkyl halides is 1. The smallest absolute Gasteiger partial charge is 0.219 e. The number of halogens is 1. The minimum absolute atomic E-state index is 0.0846. The summed E-state index contributed by atoms with van der Waals surface area (Å²) in [6, 6.07) is 10.0. The van der Waals surface area contributed by atoms with Crippen LogP contribution in [0.25, 0.3) is 5.57 Å². The summed E-state index contributed by atoms with van der Waals surface area (Å²) in [5.41, 5.74) is 5.99. The van der Waals surface area contributed by atoms with Crippen LogP contribution in [0.4, 0.5) is 5.69 Å². The first kappa shape index (κ1) is 25.9. The number of carbonyl (C=O) groups is 1. The third-order valence-electron chi connectivity index (χ3n) is 7.49. The number of aliphatic hydroxyl groups is 1. The van der Waals surface area contributed by atoms with Gasteiger partial charge in [0.05, 0.1) is 29.6 Å². The highest BCUT2D eigenvalue weighted by Gasteiger charge is 2.29. The lowest BCUT2D eigenvalue weighted by Gasteiger charge is -2.37. The maximum atomic E-state index is 12.1. The van der Waals surface area contributed by atoms with Crippen molar-refractivity contribution >= 4 is 39.8 Å². The number of fused-ring (bicyclic) bond motifs is 1. The number of β-amino-alcohol motifs (C(OH)–C–C–N with tert-alkyl or cyclic N) is 1. The second-order valence-electron chi connectivity index (χ2n) is 9.99. The van der Waals surface area contributed by atoms with E-state index in [9.17, 15) is 15.2 Å². The second kappa shape index (κ2) is 11.4. The molecule has 2 aromatic rings. The lowest BCUT2D eigenvalue weighted by molar-refractivity contribution is -0.129. The molecule has 194 valence electrons. The van der Waals surface area contributed by atoms with Crippen LogP contribution in [0.15, 0.2) is 42.5 Å². The molecule has 2 unspecified atom stereocenters. The van der Waals surface area contributed by atoms with Crippen molar-refractivity contribution in [2.24, 2.45) is 0 Å². The fourth-order valence-electron chi connectivity index (χ4n) is 5.48. The average Bonchev–Trinajstić information content (AvgIpc) is 3.26. The van der Waals surface area contributed by atoms with Gasteiger partial charge in [0.1, 0.15) is 6.07 Å². The maximum Gasteiger partial charge on any atom is 0.219 e. The first-order valence-corrected chi connectivity index (χ1v) is 14.2. The summed E-state index contributed by atoms with van der Waals surface area (Å²) in [6.45, 7) is 7.21. The van der Waals surface area contributed by atoms with Crippen molar-refractivity contribution in [2.75, 3.05) is 44.2 Å². The number of nitrogens with zero attached hydrogens (tertiary/aromatic N) is 6. The fourth-order valence-corrected chi connectivity index (χ4v) is 5.94. The molecule has 3 aliphatic rings.